The molecule has 10 aliphatic heterocycles. The van der Waals surface area contributed by atoms with Gasteiger partial charge >= 0.3 is 11.9 Å². The Morgan fingerprint density at radius 3 is 1.13 bits per heavy atom. The van der Waals surface area contributed by atoms with E-state index in [4.69, 9.17) is 90.0 Å². The van der Waals surface area contributed by atoms with Crippen molar-refractivity contribution in [3.63, 3.8) is 0 Å². The van der Waals surface area contributed by atoms with E-state index in [-0.39, 0.29) is 0 Å². The van der Waals surface area contributed by atoms with Gasteiger partial charge in [-0.05, 0) is 0 Å². The molecule has 122 heavy (non-hydrogen) atoms. The Labute approximate surface area is 686 Å². The van der Waals surface area contributed by atoms with Crippen LogP contribution in [0.5, 0.6) is 0 Å². The number of aliphatic hydroxyl groups is 31. The van der Waals surface area contributed by atoms with Crippen LogP contribution in [0.15, 0.2) is 0 Å². The number of ether oxygens (including phenoxy) is 19. The number of carbonyl (C=O) groups is 3. The van der Waals surface area contributed by atoms with Crippen LogP contribution < -0.4 is 5.32 Å². The molecule has 708 valence electrons. The zero-order valence-corrected chi connectivity index (χ0v) is 63.9. The summed E-state index contributed by atoms with van der Waals surface area (Å²) in [5, 5.41) is 367. The van der Waals surface area contributed by atoms with Gasteiger partial charge in [0, 0.05) is 19.8 Å². The molecule has 10 aliphatic rings. The van der Waals surface area contributed by atoms with E-state index in [1.807, 2.05) is 0 Å². The summed E-state index contributed by atoms with van der Waals surface area (Å²) in [5.74, 6) is -12.9. The summed E-state index contributed by atoms with van der Waals surface area (Å²) in [6.07, 6.45) is -112. The molecule has 10 saturated heterocycles. The summed E-state index contributed by atoms with van der Waals surface area (Å²) in [7, 11) is 0. The van der Waals surface area contributed by atoms with Crippen molar-refractivity contribution in [1.82, 2.24) is 5.32 Å². The number of hydrogen-bond donors (Lipinski definition) is 34. The first-order valence-corrected chi connectivity index (χ1v) is 38.3. The highest BCUT2D eigenvalue weighted by atomic mass is 16.8. The van der Waals surface area contributed by atoms with Crippen LogP contribution in [0.2, 0.25) is 0 Å². The van der Waals surface area contributed by atoms with Gasteiger partial charge in [0.05, 0.1) is 78.3 Å². The highest BCUT2D eigenvalue weighted by Crippen LogP contribution is 2.45. The smallest absolute Gasteiger partial charge is 0.364 e. The molecule has 50 atom stereocenters. The summed E-state index contributed by atoms with van der Waals surface area (Å²) in [4.78, 5) is 39.3. The van der Waals surface area contributed by atoms with E-state index in [1.165, 1.54) is 0 Å². The number of carboxylic acids is 2. The summed E-state index contributed by atoms with van der Waals surface area (Å²) >= 11 is 0. The van der Waals surface area contributed by atoms with Gasteiger partial charge in [0.25, 0.3) is 11.6 Å². The largest absolute Gasteiger partial charge is 0.477 e. The number of carboxylic acid groups (broad SMARTS) is 2. The molecule has 0 radical (unpaired) electrons. The lowest BCUT2D eigenvalue weighted by Gasteiger charge is -2.52. The monoisotopic (exact) mass is 1800 g/mol. The normalized spacial score (nSPS) is 50.4. The second kappa shape index (κ2) is 42.5. The molecule has 0 spiro atoms. The molecule has 10 fully saturated rings. The lowest BCUT2D eigenvalue weighted by molar-refractivity contribution is -0.417. The van der Waals surface area contributed by atoms with Crippen molar-refractivity contribution in [2.24, 2.45) is 0 Å². The van der Waals surface area contributed by atoms with Crippen LogP contribution in [0.25, 0.3) is 0 Å². The molecule has 1 amide bonds. The minimum Gasteiger partial charge on any atom is -0.477 e. The third kappa shape index (κ3) is 20.9. The van der Waals surface area contributed by atoms with Gasteiger partial charge in [0.2, 0.25) is 5.91 Å². The predicted molar refractivity (Wildman–Crippen MR) is 364 cm³/mol. The number of aliphatic hydroxyl groups excluding tert-OH is 30. The quantitative estimate of drug-likeness (QED) is 0.0290. The fraction of sp³-hybridized carbons (Fsp3) is 0.955. The third-order valence-corrected chi connectivity index (χ3v) is 22.5. The van der Waals surface area contributed by atoms with Crippen molar-refractivity contribution >= 4 is 17.8 Å². The molecular weight excluding hydrogens is 1690 g/mol. The van der Waals surface area contributed by atoms with Crippen molar-refractivity contribution in [3.05, 3.63) is 0 Å². The fourth-order valence-corrected chi connectivity index (χ4v) is 15.6. The maximum atomic E-state index is 13.6. The van der Waals surface area contributed by atoms with E-state index in [0.717, 1.165) is 6.92 Å². The molecule has 0 aromatic rings. The van der Waals surface area contributed by atoms with E-state index in [9.17, 15) is 183 Å². The standard InChI is InChI=1S/C66H109NO55/c1-14(77)67-27-34(87)29(82)19(6-70)105-55(27)118-54-38(91)33(86)23(10-74)109-62(54)116-51-26(13-104-61-53(37(90)32(85)22(9-73)108-61)119-59-44(97)40(93)49(25(12-76)111-59)114-58-43(96)39(92)48(24(11-75)110-58)113-56-41(94)35(88)30(83)20(7-71)106-56)112-60(45(98)52(51)117-57-42(95)36(89)31(84)21(8-72)107-57)115-50-18(3-65(103,63(99)100)121-47(50)17(80)5-69)120-66(64(101)102)2-15(78)28(81)46(122-66)16(79)4-68/h15-62,68-76,78-98,103H,2-13H2,1H3,(H,67,77)(H,99,100)(H,101,102)/t15-,16-,17-,18-,19-,20-,21-,22-,23-,24-,25-,26-,27-,28-,29-,30+,31-,32-,33-,34-,35+,36+,37+,38+,39-,40-,41-,42-,43-,44-,45-,46-,47-,48+,49-,50-,51-,52-,53-,54-,55-,56-,57+,58+,59-,60-,61-,62+,65-,66-/m1/s1. The van der Waals surface area contributed by atoms with Crippen molar-refractivity contribution in [2.75, 3.05) is 66.1 Å². The molecule has 0 aromatic carbocycles. The average Bonchev–Trinajstić information content (AvgIpc) is 0.743. The van der Waals surface area contributed by atoms with E-state index < -0.39 is 403 Å². The van der Waals surface area contributed by atoms with Gasteiger partial charge in [-0.15, -0.1) is 0 Å². The number of rotatable bonds is 33. The van der Waals surface area contributed by atoms with E-state index in [1.54, 1.807) is 0 Å². The van der Waals surface area contributed by atoms with Crippen LogP contribution >= 0.6 is 0 Å². The number of hydrogen-bond acceptors (Lipinski definition) is 53. The van der Waals surface area contributed by atoms with Gasteiger partial charge in [-0.2, -0.15) is 0 Å². The highest BCUT2D eigenvalue weighted by Gasteiger charge is 2.65. The van der Waals surface area contributed by atoms with Crippen molar-refractivity contribution < 1.29 is 273 Å². The molecule has 34 N–H and O–H groups in total. The van der Waals surface area contributed by atoms with Crippen molar-refractivity contribution in [3.8, 4) is 0 Å². The van der Waals surface area contributed by atoms with Crippen LogP contribution in [0, 0.1) is 0 Å². The minimum absolute atomic E-state index is 0.906. The fourth-order valence-electron chi connectivity index (χ4n) is 15.6. The van der Waals surface area contributed by atoms with Gasteiger partial charge in [-0.1, -0.05) is 0 Å². The maximum Gasteiger partial charge on any atom is 0.364 e. The molecule has 0 bridgehead atoms. The number of amides is 1. The molecule has 10 rings (SSSR count). The Hall–Kier alpha value is -3.59. The van der Waals surface area contributed by atoms with E-state index in [2.05, 4.69) is 5.32 Å². The minimum atomic E-state index is -3.73. The van der Waals surface area contributed by atoms with E-state index >= 15 is 0 Å². The Morgan fingerprint density at radius 1 is 0.344 bits per heavy atom. The zero-order valence-electron chi connectivity index (χ0n) is 63.9. The first-order valence-electron chi connectivity index (χ1n) is 38.3. The summed E-state index contributed by atoms with van der Waals surface area (Å²) in [5.41, 5.74) is 0. The SMILES string of the molecule is CC(=O)N[C@H]1[C@@H](O[C@H]2[C@H](O[C@H]3[C@H](O[C@@H]4O[C@H](CO)[C@@H](O)[C@H](O)[C@H]4O)[C@@H](O)[C@@H](O[C@H]4[C@@H]([C@H](O)CO)O[C@@](O)(C(=O)O)C[C@H]4O[C@]4(C(=O)O)C[C@@H](O)[C@@H](O)[C@@H]([C@H](O)CO)O4)O[C@@H]3CO[C@@H]3O[C@H](CO)[C@@H](O)[C@H](O)[C@H]3O[C@H]3O[C@H](CO)[C@@H](O[C@@H]4O[C@H](CO)[C@H](O[C@H]5O[C@H](CO)[C@H](O)[C@H](O)[C@H]5O)[C@H](O)[C@H]4O)[C@H](O)[C@H]3O)O[C@H](CO)[C@@H](O)[C@@H]2O)O[C@H](CO)[C@@H](O)[C@@H]1O. The third-order valence-electron chi connectivity index (χ3n) is 22.5. The number of nitrogens with one attached hydrogen (secondary N) is 1. The summed E-state index contributed by atoms with van der Waals surface area (Å²) in [6, 6.07) is -1.94. The predicted octanol–water partition coefficient (Wildman–Crippen LogP) is -23.0. The molecule has 56 nitrogen and oxygen atoms in total. The molecular formula is C66H109NO55. The molecule has 56 heteroatoms. The lowest BCUT2D eigenvalue weighted by atomic mass is 9.89. The van der Waals surface area contributed by atoms with Gasteiger partial charge < -0.3 is 264 Å². The van der Waals surface area contributed by atoms with Crippen LogP contribution in [-0.2, 0) is 104 Å². The lowest BCUT2D eigenvalue weighted by Crippen LogP contribution is -2.71. The zero-order chi connectivity index (χ0) is 90.1. The Kier molecular flexibility index (Phi) is 35.1. The summed E-state index contributed by atoms with van der Waals surface area (Å²) < 4.78 is 112. The molecule has 10 heterocycles. The van der Waals surface area contributed by atoms with Gasteiger partial charge in [0.15, 0.2) is 50.3 Å². The first kappa shape index (κ1) is 101. The second-order valence-electron chi connectivity index (χ2n) is 30.7. The van der Waals surface area contributed by atoms with Crippen molar-refractivity contribution in [1.29, 1.82) is 0 Å². The van der Waals surface area contributed by atoms with Crippen LogP contribution in [0.1, 0.15) is 19.8 Å². The van der Waals surface area contributed by atoms with Crippen molar-refractivity contribution in [2.45, 2.75) is 326 Å². The molecule has 0 saturated carbocycles. The Balaban J connectivity index is 1.05. The van der Waals surface area contributed by atoms with Gasteiger partial charge in [-0.25, -0.2) is 9.59 Å². The summed E-state index contributed by atoms with van der Waals surface area (Å²) in [6.45, 7) is -11.8. The molecule has 0 aromatic heterocycles. The van der Waals surface area contributed by atoms with E-state index in [0.29, 0.717) is 0 Å². The Bertz CT molecular complexity index is 3280. The van der Waals surface area contributed by atoms with Crippen LogP contribution in [0.3, 0.4) is 0 Å². The average molecular weight is 1800 g/mol. The van der Waals surface area contributed by atoms with Gasteiger partial charge in [-0.3, -0.25) is 4.79 Å². The molecule has 0 aliphatic carbocycles. The van der Waals surface area contributed by atoms with Gasteiger partial charge in [0.1, 0.15) is 232 Å². The highest BCUT2D eigenvalue weighted by molar-refractivity contribution is 5.77. The number of aliphatic carboxylic acids is 2. The molecule has 0 unspecified atom stereocenters. The van der Waals surface area contributed by atoms with Crippen LogP contribution in [-0.4, -0.2) is 558 Å². The van der Waals surface area contributed by atoms with Crippen LogP contribution in [0.4, 0.5) is 0 Å². The topological polar surface area (TPSA) is 906 Å². The number of carbonyl (C=O) groups excluding carboxylic acids is 1. The maximum absolute atomic E-state index is 13.6. The second-order valence-corrected chi connectivity index (χ2v) is 30.7. The first-order chi connectivity index (χ1) is 57.6. The Morgan fingerprint density at radius 2 is 0.689 bits per heavy atom.